The van der Waals surface area contributed by atoms with Crippen molar-refractivity contribution in [3.05, 3.63) is 48.4 Å². The summed E-state index contributed by atoms with van der Waals surface area (Å²) in [6, 6.07) is 9.72. The van der Waals surface area contributed by atoms with Crippen molar-refractivity contribution in [1.29, 1.82) is 0 Å². The highest BCUT2D eigenvalue weighted by atomic mass is 16.5. The molecule has 1 amide bonds. The van der Waals surface area contributed by atoms with Crippen LogP contribution in [0.4, 0.5) is 5.82 Å². The van der Waals surface area contributed by atoms with Gasteiger partial charge in [-0.3, -0.25) is 4.79 Å². The molecule has 3 aromatic rings. The number of rotatable bonds is 6. The second-order valence-electron chi connectivity index (χ2n) is 7.48. The number of amides is 1. The van der Waals surface area contributed by atoms with Gasteiger partial charge in [-0.25, -0.2) is 14.6 Å². The Kier molecular flexibility index (Phi) is 5.71. The normalized spacial score (nSPS) is 19.4. The predicted molar refractivity (Wildman–Crippen MR) is 111 cm³/mol. The lowest BCUT2D eigenvalue weighted by Gasteiger charge is -2.36. The number of aromatic nitrogens is 4. The topological polar surface area (TPSA) is 85.2 Å². The molecule has 8 heteroatoms. The molecule has 29 heavy (non-hydrogen) atoms. The highest BCUT2D eigenvalue weighted by molar-refractivity contribution is 5.86. The molecule has 0 saturated carbocycles. The SMILES string of the molecule is CC1CN(c2ncnc3c2cnn3CCNC(=O)Cc2ccccc2)CC(C)O1. The Morgan fingerprint density at radius 2 is 1.93 bits per heavy atom. The van der Waals surface area contributed by atoms with Crippen LogP contribution in [0.25, 0.3) is 11.0 Å². The molecule has 1 fully saturated rings. The van der Waals surface area contributed by atoms with Gasteiger partial charge in [0.25, 0.3) is 0 Å². The molecule has 0 spiro atoms. The van der Waals surface area contributed by atoms with Gasteiger partial charge in [0.15, 0.2) is 5.65 Å². The number of hydrogen-bond acceptors (Lipinski definition) is 6. The average Bonchev–Trinajstić information content (AvgIpc) is 3.11. The molecule has 1 saturated heterocycles. The Labute approximate surface area is 169 Å². The third-order valence-electron chi connectivity index (χ3n) is 4.98. The largest absolute Gasteiger partial charge is 0.372 e. The zero-order chi connectivity index (χ0) is 20.2. The van der Waals surface area contributed by atoms with E-state index in [-0.39, 0.29) is 18.1 Å². The summed E-state index contributed by atoms with van der Waals surface area (Å²) in [5.74, 6) is 0.885. The molecule has 4 rings (SSSR count). The number of benzene rings is 1. The minimum Gasteiger partial charge on any atom is -0.372 e. The van der Waals surface area contributed by atoms with Gasteiger partial charge in [0, 0.05) is 19.6 Å². The van der Waals surface area contributed by atoms with E-state index in [0.29, 0.717) is 19.5 Å². The van der Waals surface area contributed by atoms with Gasteiger partial charge in [0.2, 0.25) is 5.91 Å². The van der Waals surface area contributed by atoms with Crippen LogP contribution >= 0.6 is 0 Å². The summed E-state index contributed by atoms with van der Waals surface area (Å²) in [6.45, 7) is 6.77. The molecule has 3 heterocycles. The van der Waals surface area contributed by atoms with Crippen LogP contribution in [0.5, 0.6) is 0 Å². The molecule has 2 unspecified atom stereocenters. The van der Waals surface area contributed by atoms with E-state index in [4.69, 9.17) is 4.74 Å². The van der Waals surface area contributed by atoms with Crippen molar-refractivity contribution in [3.8, 4) is 0 Å². The summed E-state index contributed by atoms with van der Waals surface area (Å²) in [5, 5.41) is 8.35. The number of carbonyl (C=O) groups is 1. The van der Waals surface area contributed by atoms with Crippen LogP contribution in [-0.2, 0) is 22.5 Å². The Hall–Kier alpha value is -3.00. The standard InChI is InChI=1S/C21H26N6O2/c1-15-12-26(13-16(2)29-15)20-18-11-25-27(21(18)24-14-23-20)9-8-22-19(28)10-17-6-4-3-5-7-17/h3-7,11,14-16H,8-10,12-13H2,1-2H3,(H,22,28). The number of nitrogens with zero attached hydrogens (tertiary/aromatic N) is 5. The monoisotopic (exact) mass is 394 g/mol. The molecule has 1 aliphatic rings. The third-order valence-corrected chi connectivity index (χ3v) is 4.98. The zero-order valence-electron chi connectivity index (χ0n) is 16.8. The first-order chi connectivity index (χ1) is 14.1. The van der Waals surface area contributed by atoms with Gasteiger partial charge < -0.3 is 15.0 Å². The van der Waals surface area contributed by atoms with Gasteiger partial charge in [-0.15, -0.1) is 0 Å². The van der Waals surface area contributed by atoms with Crippen LogP contribution in [0, 0.1) is 0 Å². The van der Waals surface area contributed by atoms with Gasteiger partial charge in [0.05, 0.1) is 36.8 Å². The summed E-state index contributed by atoms with van der Waals surface area (Å²) in [7, 11) is 0. The van der Waals surface area contributed by atoms with E-state index >= 15 is 0 Å². The zero-order valence-corrected chi connectivity index (χ0v) is 16.8. The van der Waals surface area contributed by atoms with E-state index < -0.39 is 0 Å². The molecule has 1 N–H and O–H groups in total. The van der Waals surface area contributed by atoms with Gasteiger partial charge in [-0.05, 0) is 19.4 Å². The molecule has 2 aromatic heterocycles. The number of fused-ring (bicyclic) bond motifs is 1. The summed E-state index contributed by atoms with van der Waals surface area (Å²) in [6.07, 6.45) is 4.06. The highest BCUT2D eigenvalue weighted by Crippen LogP contribution is 2.25. The smallest absolute Gasteiger partial charge is 0.224 e. The lowest BCUT2D eigenvalue weighted by Crippen LogP contribution is -2.45. The molecule has 1 aromatic carbocycles. The van der Waals surface area contributed by atoms with Gasteiger partial charge in [-0.1, -0.05) is 30.3 Å². The molecule has 0 aliphatic carbocycles. The second-order valence-corrected chi connectivity index (χ2v) is 7.48. The van der Waals surface area contributed by atoms with Crippen LogP contribution in [0.2, 0.25) is 0 Å². The average molecular weight is 394 g/mol. The van der Waals surface area contributed by atoms with Crippen LogP contribution in [0.15, 0.2) is 42.9 Å². The van der Waals surface area contributed by atoms with E-state index in [2.05, 4.69) is 39.1 Å². The number of carbonyl (C=O) groups excluding carboxylic acids is 1. The molecule has 152 valence electrons. The highest BCUT2D eigenvalue weighted by Gasteiger charge is 2.25. The van der Waals surface area contributed by atoms with Crippen molar-refractivity contribution in [3.63, 3.8) is 0 Å². The second kappa shape index (κ2) is 8.57. The van der Waals surface area contributed by atoms with Crippen molar-refractivity contribution in [1.82, 2.24) is 25.1 Å². The van der Waals surface area contributed by atoms with Crippen LogP contribution in [0.3, 0.4) is 0 Å². The first kappa shape index (κ1) is 19.3. The van der Waals surface area contributed by atoms with E-state index in [9.17, 15) is 4.79 Å². The molecule has 0 bridgehead atoms. The summed E-state index contributed by atoms with van der Waals surface area (Å²) in [4.78, 5) is 23.3. The number of nitrogens with one attached hydrogen (secondary N) is 1. The Bertz CT molecular complexity index is 964. The van der Waals surface area contributed by atoms with Gasteiger partial charge >= 0.3 is 0 Å². The van der Waals surface area contributed by atoms with Crippen molar-refractivity contribution >= 4 is 22.8 Å². The van der Waals surface area contributed by atoms with Crippen LogP contribution < -0.4 is 10.2 Å². The van der Waals surface area contributed by atoms with E-state index in [1.165, 1.54) is 0 Å². The predicted octanol–water partition coefficient (Wildman–Crippen LogP) is 1.80. The number of hydrogen-bond donors (Lipinski definition) is 1. The first-order valence-electron chi connectivity index (χ1n) is 9.97. The third kappa shape index (κ3) is 4.54. The Balaban J connectivity index is 1.41. The van der Waals surface area contributed by atoms with Gasteiger partial charge in [0.1, 0.15) is 12.1 Å². The number of anilines is 1. The molecule has 2 atom stereocenters. The van der Waals surface area contributed by atoms with Crippen LogP contribution in [0.1, 0.15) is 19.4 Å². The number of ether oxygens (including phenoxy) is 1. The molecule has 0 radical (unpaired) electrons. The van der Waals surface area contributed by atoms with E-state index in [0.717, 1.165) is 35.5 Å². The van der Waals surface area contributed by atoms with Crippen molar-refractivity contribution in [2.45, 2.75) is 39.0 Å². The molecular weight excluding hydrogens is 368 g/mol. The van der Waals surface area contributed by atoms with Crippen molar-refractivity contribution < 1.29 is 9.53 Å². The Morgan fingerprint density at radius 3 is 2.69 bits per heavy atom. The van der Waals surface area contributed by atoms with E-state index in [1.54, 1.807) is 12.5 Å². The summed E-state index contributed by atoms with van der Waals surface area (Å²) >= 11 is 0. The first-order valence-corrected chi connectivity index (χ1v) is 9.97. The quantitative estimate of drug-likeness (QED) is 0.686. The maximum atomic E-state index is 12.1. The lowest BCUT2D eigenvalue weighted by atomic mass is 10.1. The molecular formula is C21H26N6O2. The maximum Gasteiger partial charge on any atom is 0.224 e. The molecule has 1 aliphatic heterocycles. The Morgan fingerprint density at radius 1 is 1.17 bits per heavy atom. The summed E-state index contributed by atoms with van der Waals surface area (Å²) < 4.78 is 7.64. The lowest BCUT2D eigenvalue weighted by molar-refractivity contribution is -0.120. The fourth-order valence-corrected chi connectivity index (χ4v) is 3.79. The summed E-state index contributed by atoms with van der Waals surface area (Å²) in [5.41, 5.74) is 1.78. The number of morpholine rings is 1. The van der Waals surface area contributed by atoms with Crippen molar-refractivity contribution in [2.75, 3.05) is 24.5 Å². The van der Waals surface area contributed by atoms with E-state index in [1.807, 2.05) is 35.0 Å². The fraction of sp³-hybridized carbons (Fsp3) is 0.429. The minimum absolute atomic E-state index is 0.000677. The van der Waals surface area contributed by atoms with Crippen LogP contribution in [-0.4, -0.2) is 57.5 Å². The fourth-order valence-electron chi connectivity index (χ4n) is 3.79. The minimum atomic E-state index is -0.000677. The van der Waals surface area contributed by atoms with Crippen molar-refractivity contribution in [2.24, 2.45) is 0 Å². The maximum absolute atomic E-state index is 12.1. The molecule has 8 nitrogen and oxygen atoms in total. The van der Waals surface area contributed by atoms with Gasteiger partial charge in [-0.2, -0.15) is 5.10 Å².